The molecular formula is C13H14BrNO2. The van der Waals surface area contributed by atoms with Crippen LogP contribution in [0.5, 0.6) is 0 Å². The fourth-order valence-electron chi connectivity index (χ4n) is 1.82. The summed E-state index contributed by atoms with van der Waals surface area (Å²) in [6, 6.07) is 7.93. The third-order valence-electron chi connectivity index (χ3n) is 2.91. The minimum absolute atomic E-state index is 0.461. The lowest BCUT2D eigenvalue weighted by molar-refractivity contribution is -0.147. The molecule has 0 aliphatic carbocycles. The Morgan fingerprint density at radius 2 is 2.12 bits per heavy atom. The molecule has 0 saturated carbocycles. The predicted molar refractivity (Wildman–Crippen MR) is 71.1 cm³/mol. The summed E-state index contributed by atoms with van der Waals surface area (Å²) in [4.78, 5) is 11.1. The van der Waals surface area contributed by atoms with Crippen molar-refractivity contribution in [3.63, 3.8) is 0 Å². The van der Waals surface area contributed by atoms with E-state index in [0.717, 1.165) is 15.4 Å². The van der Waals surface area contributed by atoms with Crippen molar-refractivity contribution >= 4 is 32.8 Å². The number of nitrogens with zero attached hydrogens (tertiary/aromatic N) is 1. The number of aromatic nitrogens is 1. The third kappa shape index (κ3) is 2.22. The summed E-state index contributed by atoms with van der Waals surface area (Å²) >= 11 is 3.49. The van der Waals surface area contributed by atoms with Crippen LogP contribution >= 0.6 is 15.9 Å². The molecule has 1 heterocycles. The van der Waals surface area contributed by atoms with E-state index in [9.17, 15) is 4.79 Å². The highest BCUT2D eigenvalue weighted by molar-refractivity contribution is 9.10. The molecule has 0 bridgehead atoms. The molecule has 2 rings (SSSR count). The van der Waals surface area contributed by atoms with Crippen LogP contribution in [-0.2, 0) is 11.3 Å². The molecule has 4 heteroatoms. The lowest BCUT2D eigenvalue weighted by Gasteiger charge is -2.20. The average molecular weight is 296 g/mol. The number of hydrogen-bond acceptors (Lipinski definition) is 1. The highest BCUT2D eigenvalue weighted by Crippen LogP contribution is 2.27. The maximum atomic E-state index is 11.1. The second kappa shape index (κ2) is 4.18. The molecule has 0 amide bonds. The monoisotopic (exact) mass is 295 g/mol. The molecule has 90 valence electrons. The fraction of sp³-hybridized carbons (Fsp3) is 0.308. The van der Waals surface area contributed by atoms with Gasteiger partial charge in [-0.3, -0.25) is 4.79 Å². The van der Waals surface area contributed by atoms with Crippen molar-refractivity contribution in [2.45, 2.75) is 20.4 Å². The number of carboxylic acid groups (broad SMARTS) is 1. The standard InChI is InChI=1S/C13H14BrNO2/c1-13(2,12(16)17)8-15-7-6-9-10(14)4-3-5-11(9)15/h3-7H,8H2,1-2H3,(H,16,17). The van der Waals surface area contributed by atoms with Crippen LogP contribution in [0.3, 0.4) is 0 Å². The number of hydrogen-bond donors (Lipinski definition) is 1. The number of halogens is 1. The molecule has 0 spiro atoms. The summed E-state index contributed by atoms with van der Waals surface area (Å²) in [5.41, 5.74) is 0.280. The Balaban J connectivity index is 2.44. The number of carboxylic acids is 1. The molecule has 2 aromatic rings. The average Bonchev–Trinajstić information content (AvgIpc) is 2.62. The van der Waals surface area contributed by atoms with Crippen molar-refractivity contribution < 1.29 is 9.90 Å². The van der Waals surface area contributed by atoms with Gasteiger partial charge in [0.05, 0.1) is 5.41 Å². The van der Waals surface area contributed by atoms with Gasteiger partial charge in [-0.25, -0.2) is 0 Å². The van der Waals surface area contributed by atoms with Crippen LogP contribution in [0.1, 0.15) is 13.8 Å². The van der Waals surface area contributed by atoms with Crippen molar-refractivity contribution in [1.29, 1.82) is 0 Å². The summed E-state index contributed by atoms with van der Waals surface area (Å²) in [6.45, 7) is 3.93. The highest BCUT2D eigenvalue weighted by atomic mass is 79.9. The Kier molecular flexibility index (Phi) is 3.00. The minimum Gasteiger partial charge on any atom is -0.481 e. The van der Waals surface area contributed by atoms with Gasteiger partial charge in [-0.05, 0) is 32.0 Å². The molecule has 0 atom stereocenters. The van der Waals surface area contributed by atoms with Crippen molar-refractivity contribution in [3.05, 3.63) is 34.9 Å². The van der Waals surface area contributed by atoms with Gasteiger partial charge in [0.25, 0.3) is 0 Å². The zero-order valence-electron chi connectivity index (χ0n) is 9.77. The number of rotatable bonds is 3. The van der Waals surface area contributed by atoms with Crippen LogP contribution in [0.25, 0.3) is 10.9 Å². The first-order valence-corrected chi connectivity index (χ1v) is 6.18. The second-order valence-corrected chi connectivity index (χ2v) is 5.66. The smallest absolute Gasteiger partial charge is 0.310 e. The van der Waals surface area contributed by atoms with Crippen LogP contribution in [0, 0.1) is 5.41 Å². The van der Waals surface area contributed by atoms with E-state index >= 15 is 0 Å². The molecule has 1 aromatic heterocycles. The molecule has 0 saturated heterocycles. The van der Waals surface area contributed by atoms with Gasteiger partial charge in [-0.2, -0.15) is 0 Å². The predicted octanol–water partition coefficient (Wildman–Crippen LogP) is 3.51. The van der Waals surface area contributed by atoms with Gasteiger partial charge < -0.3 is 9.67 Å². The van der Waals surface area contributed by atoms with Gasteiger partial charge in [0.15, 0.2) is 0 Å². The summed E-state index contributed by atoms with van der Waals surface area (Å²) in [7, 11) is 0. The SMILES string of the molecule is CC(C)(Cn1ccc2c(Br)cccc21)C(=O)O. The van der Waals surface area contributed by atoms with E-state index in [1.807, 2.05) is 35.0 Å². The van der Waals surface area contributed by atoms with Gasteiger partial charge >= 0.3 is 5.97 Å². The van der Waals surface area contributed by atoms with Gasteiger partial charge in [-0.1, -0.05) is 22.0 Å². The Labute approximate surface area is 108 Å². The minimum atomic E-state index is -0.783. The van der Waals surface area contributed by atoms with Crippen LogP contribution in [-0.4, -0.2) is 15.6 Å². The summed E-state index contributed by atoms with van der Waals surface area (Å²) < 4.78 is 3.01. The lowest BCUT2D eigenvalue weighted by Crippen LogP contribution is -2.28. The number of carbonyl (C=O) groups is 1. The van der Waals surface area contributed by atoms with Crippen molar-refractivity contribution in [2.75, 3.05) is 0 Å². The van der Waals surface area contributed by atoms with Gasteiger partial charge in [0.2, 0.25) is 0 Å². The van der Waals surface area contributed by atoms with Crippen LogP contribution < -0.4 is 0 Å². The van der Waals surface area contributed by atoms with E-state index < -0.39 is 11.4 Å². The molecular weight excluding hydrogens is 282 g/mol. The molecule has 0 fully saturated rings. The van der Waals surface area contributed by atoms with Gasteiger partial charge in [0.1, 0.15) is 0 Å². The summed E-state index contributed by atoms with van der Waals surface area (Å²) in [6.07, 6.45) is 1.93. The Bertz CT molecular complexity index is 572. The van der Waals surface area contributed by atoms with E-state index in [1.165, 1.54) is 0 Å². The molecule has 3 nitrogen and oxygen atoms in total. The maximum Gasteiger partial charge on any atom is 0.310 e. The summed E-state index contributed by atoms with van der Waals surface area (Å²) in [5, 5.41) is 10.2. The lowest BCUT2D eigenvalue weighted by atomic mass is 9.94. The molecule has 0 unspecified atom stereocenters. The first-order chi connectivity index (χ1) is 7.92. The van der Waals surface area contributed by atoms with E-state index in [0.29, 0.717) is 6.54 Å². The van der Waals surface area contributed by atoms with E-state index in [-0.39, 0.29) is 0 Å². The molecule has 0 radical (unpaired) electrons. The maximum absolute atomic E-state index is 11.1. The normalized spacial score (nSPS) is 11.9. The van der Waals surface area contributed by atoms with Crippen LogP contribution in [0.15, 0.2) is 34.9 Å². The Morgan fingerprint density at radius 3 is 2.76 bits per heavy atom. The van der Waals surface area contributed by atoms with Crippen molar-refractivity contribution in [1.82, 2.24) is 4.57 Å². The van der Waals surface area contributed by atoms with Crippen molar-refractivity contribution in [3.8, 4) is 0 Å². The van der Waals surface area contributed by atoms with Crippen LogP contribution in [0.2, 0.25) is 0 Å². The zero-order chi connectivity index (χ0) is 12.6. The van der Waals surface area contributed by atoms with E-state index in [4.69, 9.17) is 5.11 Å². The van der Waals surface area contributed by atoms with E-state index in [1.54, 1.807) is 13.8 Å². The first kappa shape index (κ1) is 12.2. The summed E-state index contributed by atoms with van der Waals surface area (Å²) in [5.74, 6) is -0.783. The third-order valence-corrected chi connectivity index (χ3v) is 3.60. The van der Waals surface area contributed by atoms with Crippen molar-refractivity contribution in [2.24, 2.45) is 5.41 Å². The Hall–Kier alpha value is -1.29. The first-order valence-electron chi connectivity index (χ1n) is 5.38. The van der Waals surface area contributed by atoms with Gasteiger partial charge in [-0.15, -0.1) is 0 Å². The highest BCUT2D eigenvalue weighted by Gasteiger charge is 2.27. The largest absolute Gasteiger partial charge is 0.481 e. The molecule has 1 aromatic carbocycles. The number of fused-ring (bicyclic) bond motifs is 1. The topological polar surface area (TPSA) is 42.2 Å². The number of benzene rings is 1. The molecule has 0 aliphatic rings. The molecule has 0 aliphatic heterocycles. The second-order valence-electron chi connectivity index (χ2n) is 4.81. The Morgan fingerprint density at radius 1 is 1.41 bits per heavy atom. The van der Waals surface area contributed by atoms with Crippen LogP contribution in [0.4, 0.5) is 0 Å². The molecule has 1 N–H and O–H groups in total. The van der Waals surface area contributed by atoms with E-state index in [2.05, 4.69) is 15.9 Å². The fourth-order valence-corrected chi connectivity index (χ4v) is 2.31. The zero-order valence-corrected chi connectivity index (χ0v) is 11.4. The van der Waals surface area contributed by atoms with Gasteiger partial charge in [0, 0.05) is 28.1 Å². The number of aliphatic carboxylic acids is 1. The quantitative estimate of drug-likeness (QED) is 0.941. The molecule has 17 heavy (non-hydrogen) atoms.